The maximum absolute atomic E-state index is 13.4. The predicted octanol–water partition coefficient (Wildman–Crippen LogP) is 5.23. The summed E-state index contributed by atoms with van der Waals surface area (Å²) in [6.45, 7) is 1.61. The van der Waals surface area contributed by atoms with E-state index in [1.807, 2.05) is 0 Å². The molecule has 0 unspecified atom stereocenters. The van der Waals surface area contributed by atoms with Crippen LogP contribution in [-0.2, 0) is 14.8 Å². The van der Waals surface area contributed by atoms with Crippen molar-refractivity contribution in [1.82, 2.24) is 0 Å². The number of nitrogens with zero attached hydrogens (tertiary/aromatic N) is 1. The number of carbonyl (C=O) groups excluding carboxylic acids is 1. The van der Waals surface area contributed by atoms with E-state index in [1.54, 1.807) is 67.6 Å². The van der Waals surface area contributed by atoms with Crippen molar-refractivity contribution >= 4 is 50.5 Å². The Morgan fingerprint density at radius 3 is 2.19 bits per heavy atom. The zero-order chi connectivity index (χ0) is 22.4. The number of para-hydroxylation sites is 3. The molecule has 0 saturated carbocycles. The van der Waals surface area contributed by atoms with Crippen LogP contribution in [0.1, 0.15) is 6.92 Å². The van der Waals surface area contributed by atoms with Gasteiger partial charge in [-0.3, -0.25) is 9.10 Å². The SMILES string of the molecule is CCOc1ccccc1N(CC(=O)Nc1c(Cl)cccc1Cl)S(=O)(=O)c1ccccc1. The highest BCUT2D eigenvalue weighted by Crippen LogP contribution is 2.33. The topological polar surface area (TPSA) is 75.7 Å². The maximum atomic E-state index is 13.4. The average molecular weight is 479 g/mol. The number of anilines is 2. The van der Waals surface area contributed by atoms with Gasteiger partial charge in [0.05, 0.1) is 32.9 Å². The number of benzene rings is 3. The quantitative estimate of drug-likeness (QED) is 0.480. The lowest BCUT2D eigenvalue weighted by Gasteiger charge is -2.26. The molecule has 0 aliphatic carbocycles. The first kappa shape index (κ1) is 22.9. The number of ether oxygens (including phenoxy) is 1. The summed E-state index contributed by atoms with van der Waals surface area (Å²) >= 11 is 12.3. The van der Waals surface area contributed by atoms with Crippen molar-refractivity contribution in [2.75, 3.05) is 22.8 Å². The van der Waals surface area contributed by atoms with E-state index in [1.165, 1.54) is 12.1 Å². The second kappa shape index (κ2) is 10.0. The molecule has 6 nitrogen and oxygen atoms in total. The Morgan fingerprint density at radius 2 is 1.55 bits per heavy atom. The molecule has 9 heteroatoms. The normalized spacial score (nSPS) is 11.1. The molecule has 0 heterocycles. The van der Waals surface area contributed by atoms with E-state index in [0.717, 1.165) is 4.31 Å². The average Bonchev–Trinajstić information content (AvgIpc) is 2.76. The zero-order valence-corrected chi connectivity index (χ0v) is 18.9. The molecule has 0 saturated heterocycles. The number of amides is 1. The molecule has 162 valence electrons. The van der Waals surface area contributed by atoms with Crippen molar-refractivity contribution < 1.29 is 17.9 Å². The molecule has 0 aromatic heterocycles. The van der Waals surface area contributed by atoms with Gasteiger partial charge in [0.2, 0.25) is 5.91 Å². The molecule has 0 aliphatic rings. The molecule has 3 aromatic rings. The van der Waals surface area contributed by atoms with Gasteiger partial charge in [0.1, 0.15) is 12.3 Å². The zero-order valence-electron chi connectivity index (χ0n) is 16.6. The Labute approximate surface area is 191 Å². The van der Waals surface area contributed by atoms with Crippen molar-refractivity contribution in [3.8, 4) is 5.75 Å². The van der Waals surface area contributed by atoms with E-state index >= 15 is 0 Å². The third-order valence-electron chi connectivity index (χ3n) is 4.28. The second-order valence-electron chi connectivity index (χ2n) is 6.37. The first-order valence-corrected chi connectivity index (χ1v) is 11.6. The van der Waals surface area contributed by atoms with Gasteiger partial charge < -0.3 is 10.1 Å². The van der Waals surface area contributed by atoms with Gasteiger partial charge in [-0.2, -0.15) is 0 Å². The molecule has 0 atom stereocenters. The van der Waals surface area contributed by atoms with Gasteiger partial charge in [0.15, 0.2) is 0 Å². The van der Waals surface area contributed by atoms with Crippen LogP contribution in [-0.4, -0.2) is 27.5 Å². The standard InChI is InChI=1S/C22H20Cl2N2O4S/c1-2-30-20-14-7-6-13-19(20)26(31(28,29)16-9-4-3-5-10-16)15-21(27)25-22-17(23)11-8-12-18(22)24/h3-14H,2,15H2,1H3,(H,25,27). The Bertz CT molecular complexity index is 1150. The summed E-state index contributed by atoms with van der Waals surface area (Å²) in [4.78, 5) is 12.9. The maximum Gasteiger partial charge on any atom is 0.264 e. The fraction of sp³-hybridized carbons (Fsp3) is 0.136. The molecule has 1 amide bonds. The molecule has 3 rings (SSSR count). The minimum Gasteiger partial charge on any atom is -0.492 e. The van der Waals surface area contributed by atoms with Gasteiger partial charge in [-0.25, -0.2) is 8.42 Å². The summed E-state index contributed by atoms with van der Waals surface area (Å²) in [6.07, 6.45) is 0. The number of hydrogen-bond donors (Lipinski definition) is 1. The van der Waals surface area contributed by atoms with E-state index in [9.17, 15) is 13.2 Å². The Balaban J connectivity index is 2.02. The van der Waals surface area contributed by atoms with E-state index < -0.39 is 22.5 Å². The van der Waals surface area contributed by atoms with Gasteiger partial charge in [-0.1, -0.05) is 59.6 Å². The van der Waals surface area contributed by atoms with E-state index in [4.69, 9.17) is 27.9 Å². The predicted molar refractivity (Wildman–Crippen MR) is 124 cm³/mol. The molecular weight excluding hydrogens is 459 g/mol. The van der Waals surface area contributed by atoms with Crippen LogP contribution in [0.15, 0.2) is 77.7 Å². The molecule has 0 spiro atoms. The second-order valence-corrected chi connectivity index (χ2v) is 9.05. The van der Waals surface area contributed by atoms with Crippen LogP contribution in [0.2, 0.25) is 10.0 Å². The molecule has 1 N–H and O–H groups in total. The summed E-state index contributed by atoms with van der Waals surface area (Å²) in [6, 6.07) is 19.3. The van der Waals surface area contributed by atoms with Crippen molar-refractivity contribution in [1.29, 1.82) is 0 Å². The largest absolute Gasteiger partial charge is 0.492 e. The number of sulfonamides is 1. The minimum atomic E-state index is -4.08. The fourth-order valence-electron chi connectivity index (χ4n) is 2.89. The molecule has 0 bridgehead atoms. The van der Waals surface area contributed by atoms with E-state index in [0.29, 0.717) is 12.4 Å². The number of carbonyl (C=O) groups is 1. The molecule has 0 fully saturated rings. The Kier molecular flexibility index (Phi) is 7.43. The molecule has 0 aliphatic heterocycles. The lowest BCUT2D eigenvalue weighted by atomic mass is 10.3. The third kappa shape index (κ3) is 5.31. The van der Waals surface area contributed by atoms with Crippen molar-refractivity contribution in [2.45, 2.75) is 11.8 Å². The summed E-state index contributed by atoms with van der Waals surface area (Å²) in [5, 5.41) is 3.09. The number of rotatable bonds is 8. The smallest absolute Gasteiger partial charge is 0.264 e. The van der Waals surface area contributed by atoms with Crippen LogP contribution < -0.4 is 14.4 Å². The van der Waals surface area contributed by atoms with E-state index in [2.05, 4.69) is 5.32 Å². The summed E-state index contributed by atoms with van der Waals surface area (Å²) in [7, 11) is -4.08. The van der Waals surface area contributed by atoms with Gasteiger partial charge in [-0.15, -0.1) is 0 Å². The first-order valence-electron chi connectivity index (χ1n) is 9.38. The van der Waals surface area contributed by atoms with Crippen LogP contribution >= 0.6 is 23.2 Å². The van der Waals surface area contributed by atoms with Crippen LogP contribution in [0.25, 0.3) is 0 Å². The third-order valence-corrected chi connectivity index (χ3v) is 6.68. The molecule has 0 radical (unpaired) electrons. The van der Waals surface area contributed by atoms with Gasteiger partial charge in [-0.05, 0) is 43.3 Å². The molecule has 3 aromatic carbocycles. The van der Waals surface area contributed by atoms with Crippen molar-refractivity contribution in [3.63, 3.8) is 0 Å². The van der Waals surface area contributed by atoms with Crippen molar-refractivity contribution in [2.24, 2.45) is 0 Å². The summed E-state index contributed by atoms with van der Waals surface area (Å²) in [5.41, 5.74) is 0.458. The minimum absolute atomic E-state index is 0.0462. The monoisotopic (exact) mass is 478 g/mol. The first-order chi connectivity index (χ1) is 14.8. The van der Waals surface area contributed by atoms with Crippen LogP contribution in [0, 0.1) is 0 Å². The van der Waals surface area contributed by atoms with Gasteiger partial charge in [0, 0.05) is 0 Å². The Hall–Kier alpha value is -2.74. The van der Waals surface area contributed by atoms with Crippen LogP contribution in [0.5, 0.6) is 5.75 Å². The number of nitrogens with one attached hydrogen (secondary N) is 1. The summed E-state index contributed by atoms with van der Waals surface area (Å²) in [5.74, 6) is -0.270. The van der Waals surface area contributed by atoms with Crippen molar-refractivity contribution in [3.05, 3.63) is 82.8 Å². The fourth-order valence-corrected chi connectivity index (χ4v) is 4.83. The highest BCUT2D eigenvalue weighted by molar-refractivity contribution is 7.92. The Morgan fingerprint density at radius 1 is 0.935 bits per heavy atom. The highest BCUT2D eigenvalue weighted by atomic mass is 35.5. The number of halogens is 2. The summed E-state index contributed by atoms with van der Waals surface area (Å²) < 4.78 is 33.5. The molecule has 31 heavy (non-hydrogen) atoms. The van der Waals surface area contributed by atoms with Gasteiger partial charge in [0.25, 0.3) is 10.0 Å². The van der Waals surface area contributed by atoms with Crippen LogP contribution in [0.3, 0.4) is 0 Å². The molecular formula is C22H20Cl2N2O4S. The van der Waals surface area contributed by atoms with E-state index in [-0.39, 0.29) is 26.3 Å². The lowest BCUT2D eigenvalue weighted by Crippen LogP contribution is -2.38. The lowest BCUT2D eigenvalue weighted by molar-refractivity contribution is -0.114. The van der Waals surface area contributed by atoms with Gasteiger partial charge >= 0.3 is 0 Å². The number of hydrogen-bond acceptors (Lipinski definition) is 4. The highest BCUT2D eigenvalue weighted by Gasteiger charge is 2.29. The van der Waals surface area contributed by atoms with Crippen LogP contribution in [0.4, 0.5) is 11.4 Å².